The summed E-state index contributed by atoms with van der Waals surface area (Å²) in [6, 6.07) is 17.3. The Kier molecular flexibility index (Phi) is 13.5. The van der Waals surface area contributed by atoms with E-state index in [0.29, 0.717) is 59.7 Å². The van der Waals surface area contributed by atoms with Crippen LogP contribution < -0.4 is 25.4 Å². The smallest absolute Gasteiger partial charge is 0.340 e. The molecule has 0 bridgehead atoms. The van der Waals surface area contributed by atoms with Gasteiger partial charge in [-0.2, -0.15) is 5.26 Å². The predicted octanol–water partition coefficient (Wildman–Crippen LogP) is 5.57. The van der Waals surface area contributed by atoms with Crippen molar-refractivity contribution < 1.29 is 48.7 Å². The minimum absolute atomic E-state index is 0.0217. The van der Waals surface area contributed by atoms with Crippen molar-refractivity contribution in [2.75, 3.05) is 30.4 Å². The van der Waals surface area contributed by atoms with Gasteiger partial charge in [0.15, 0.2) is 11.2 Å². The lowest BCUT2D eigenvalue weighted by Crippen LogP contribution is -2.36. The Morgan fingerprint density at radius 1 is 0.965 bits per heavy atom. The molecule has 3 aromatic rings. The molecule has 5 rings (SSSR count). The third kappa shape index (κ3) is 9.51. The molecule has 0 aliphatic carbocycles. The first kappa shape index (κ1) is 40.9. The number of rotatable bonds is 16. The zero-order chi connectivity index (χ0) is 41.0. The molecule has 2 heterocycles. The molecule has 0 radical (unpaired) electrons. The van der Waals surface area contributed by atoms with Gasteiger partial charge in [-0.3, -0.25) is 14.4 Å². The summed E-state index contributed by atoms with van der Waals surface area (Å²) in [5, 5.41) is 46.9. The number of fused-ring (bicyclic) bond motifs is 4. The number of hydrogen-bond acceptors (Lipinski definition) is 11. The van der Waals surface area contributed by atoms with Crippen LogP contribution in [0.3, 0.4) is 0 Å². The number of benzene rings is 3. The average Bonchev–Trinajstić information content (AvgIpc) is 3.47. The fourth-order valence-corrected chi connectivity index (χ4v) is 6.29. The maximum Gasteiger partial charge on any atom is 0.340 e. The van der Waals surface area contributed by atoms with E-state index in [1.807, 2.05) is 0 Å². The molecule has 14 nitrogen and oxygen atoms in total. The van der Waals surface area contributed by atoms with Crippen molar-refractivity contribution in [1.82, 2.24) is 5.32 Å². The number of aliphatic hydroxyl groups excluding tert-OH is 2. The average molecular weight is 773 g/mol. The first-order chi connectivity index (χ1) is 27.5. The van der Waals surface area contributed by atoms with Crippen LogP contribution in [0, 0.1) is 23.7 Å². The molecule has 1 spiro atoms. The number of nitrogens with one attached hydrogen (secondary N) is 3. The van der Waals surface area contributed by atoms with Gasteiger partial charge in [-0.05, 0) is 73.9 Å². The Labute approximate surface area is 328 Å². The number of ether oxygens (including phenoxy) is 3. The van der Waals surface area contributed by atoms with Gasteiger partial charge in [-0.15, -0.1) is 12.3 Å². The summed E-state index contributed by atoms with van der Waals surface area (Å²) in [5.41, 5.74) is 0.292. The predicted molar refractivity (Wildman–Crippen MR) is 209 cm³/mol. The second kappa shape index (κ2) is 18.8. The highest BCUT2D eigenvalue weighted by atomic mass is 16.6. The summed E-state index contributed by atoms with van der Waals surface area (Å²) < 4.78 is 17.8. The number of carbonyl (C=O) groups excluding carboxylic acids is 4. The van der Waals surface area contributed by atoms with Crippen molar-refractivity contribution in [3.8, 4) is 35.7 Å². The molecule has 0 fully saturated rings. The van der Waals surface area contributed by atoms with Gasteiger partial charge in [0, 0.05) is 53.4 Å². The molecule has 1 unspecified atom stereocenters. The van der Waals surface area contributed by atoms with Gasteiger partial charge in [-0.25, -0.2) is 4.79 Å². The first-order valence-electron chi connectivity index (χ1n) is 17.9. The van der Waals surface area contributed by atoms with Crippen LogP contribution in [0.4, 0.5) is 11.4 Å². The third-order valence-electron chi connectivity index (χ3n) is 8.93. The number of allylic oxidation sites excluding steroid dienone is 3. The number of nitriles is 1. The summed E-state index contributed by atoms with van der Waals surface area (Å²) >= 11 is 0. The fourth-order valence-electron chi connectivity index (χ4n) is 6.29. The van der Waals surface area contributed by atoms with E-state index in [4.69, 9.17) is 20.6 Å². The Balaban J connectivity index is 1.07. The van der Waals surface area contributed by atoms with Crippen LogP contribution in [0.1, 0.15) is 60.0 Å². The lowest BCUT2D eigenvalue weighted by molar-refractivity contribution is -0.124. The lowest BCUT2D eigenvalue weighted by Gasteiger charge is -2.38. The van der Waals surface area contributed by atoms with Gasteiger partial charge < -0.3 is 45.5 Å². The molecule has 2 aliphatic rings. The number of carbonyl (C=O) groups is 4. The molecule has 1 atom stereocenters. The maximum atomic E-state index is 13.4. The molecule has 3 aromatic carbocycles. The van der Waals surface area contributed by atoms with Gasteiger partial charge >= 0.3 is 5.97 Å². The zero-order valence-electron chi connectivity index (χ0n) is 30.8. The Bertz CT molecular complexity index is 2240. The van der Waals surface area contributed by atoms with Crippen molar-refractivity contribution in [2.45, 2.75) is 44.1 Å². The topological polar surface area (TPSA) is 217 Å². The van der Waals surface area contributed by atoms with Crippen molar-refractivity contribution in [3.05, 3.63) is 125 Å². The second-order valence-corrected chi connectivity index (χ2v) is 12.8. The van der Waals surface area contributed by atoms with E-state index in [9.17, 15) is 39.8 Å². The Morgan fingerprint density at radius 3 is 2.44 bits per heavy atom. The van der Waals surface area contributed by atoms with Gasteiger partial charge in [0.05, 0.1) is 25.3 Å². The third-order valence-corrected chi connectivity index (χ3v) is 8.93. The molecule has 57 heavy (non-hydrogen) atoms. The van der Waals surface area contributed by atoms with Crippen molar-refractivity contribution >= 4 is 35.1 Å². The number of aliphatic hydroxyl groups is 2. The van der Waals surface area contributed by atoms with E-state index >= 15 is 0 Å². The Morgan fingerprint density at radius 2 is 1.72 bits per heavy atom. The van der Waals surface area contributed by atoms with Crippen LogP contribution in [0.15, 0.2) is 108 Å². The summed E-state index contributed by atoms with van der Waals surface area (Å²) in [6.07, 6.45) is 12.0. The number of anilines is 2. The highest BCUT2D eigenvalue weighted by Gasteiger charge is 2.55. The van der Waals surface area contributed by atoms with Crippen molar-refractivity contribution in [2.24, 2.45) is 0 Å². The Hall–Kier alpha value is -7.29. The van der Waals surface area contributed by atoms with Gasteiger partial charge in [0.25, 0.3) is 5.91 Å². The van der Waals surface area contributed by atoms with E-state index in [0.717, 1.165) is 0 Å². The van der Waals surface area contributed by atoms with E-state index in [1.54, 1.807) is 54.6 Å². The van der Waals surface area contributed by atoms with Crippen LogP contribution in [0.5, 0.6) is 17.2 Å². The zero-order valence-corrected chi connectivity index (χ0v) is 30.8. The molecule has 0 saturated heterocycles. The number of terminal acetylenes is 1. The normalized spacial score (nSPS) is 16.9. The number of aromatic hydroxyl groups is 1. The standard InChI is InChI=1S/C43H40N4O10/c1-3-5-10-36(50)32(25-44)41(53)47-27-12-16-30(17-13-27)55-22-8-6-7-11-39(51)45-26-40(52)46-28-14-18-33-31(23-28)42(54)57-43(33)34(9-4-2)37(20-21-48)56-38-24-29(49)15-19-35(38)43/h1,4,9,12-20,23-24,48-50H,2,5-8,10-11,21-22,26H2,(H,45,51)(H,46,52)(H,47,53)/b34-9+,36-32-,37-20+. The number of nitrogens with zero attached hydrogens (tertiary/aromatic N) is 1. The van der Waals surface area contributed by atoms with Gasteiger partial charge in [-0.1, -0.05) is 24.8 Å². The second-order valence-electron chi connectivity index (χ2n) is 12.8. The number of amides is 3. The minimum Gasteiger partial charge on any atom is -0.511 e. The molecule has 6 N–H and O–H groups in total. The highest BCUT2D eigenvalue weighted by Crippen LogP contribution is 2.55. The molecule has 0 aromatic heterocycles. The molecule has 3 amide bonds. The summed E-state index contributed by atoms with van der Waals surface area (Å²) in [5.74, 6) is 0.666. The van der Waals surface area contributed by atoms with Crippen molar-refractivity contribution in [1.29, 1.82) is 5.26 Å². The lowest BCUT2D eigenvalue weighted by atomic mass is 9.76. The number of phenols is 1. The number of esters is 1. The highest BCUT2D eigenvalue weighted by molar-refractivity contribution is 6.07. The number of hydrogen-bond donors (Lipinski definition) is 6. The fraction of sp³-hybridized carbons (Fsp3) is 0.233. The van der Waals surface area contributed by atoms with E-state index < -0.39 is 29.0 Å². The first-order valence-corrected chi connectivity index (χ1v) is 17.9. The monoisotopic (exact) mass is 772 g/mol. The van der Waals surface area contributed by atoms with Crippen LogP contribution >= 0.6 is 0 Å². The van der Waals surface area contributed by atoms with E-state index in [-0.39, 0.29) is 66.9 Å². The maximum absolute atomic E-state index is 13.4. The van der Waals surface area contributed by atoms with Gasteiger partial charge in [0.2, 0.25) is 11.8 Å². The molecule has 0 saturated carbocycles. The quantitative estimate of drug-likeness (QED) is 0.0264. The molecular formula is C43H40N4O10. The van der Waals surface area contributed by atoms with Crippen LogP contribution in [0.2, 0.25) is 0 Å². The molecule has 14 heteroatoms. The SMILES string of the molecule is C#CCC/C(O)=C(\C#N)C(=O)Nc1ccc(OCCCCCC(=O)NCC(=O)Nc2ccc3c(c2)C(=O)OC32C(=C/C=C)/C(=C\CO)Oc3cc(O)ccc32)cc1. The number of phenolic OH excluding ortho intramolecular Hbond substituents is 1. The summed E-state index contributed by atoms with van der Waals surface area (Å²) in [7, 11) is 0. The summed E-state index contributed by atoms with van der Waals surface area (Å²) in [6.45, 7) is 3.50. The molecular weight excluding hydrogens is 732 g/mol. The van der Waals surface area contributed by atoms with E-state index in [1.165, 1.54) is 30.4 Å². The minimum atomic E-state index is -1.49. The van der Waals surface area contributed by atoms with Crippen molar-refractivity contribution in [3.63, 3.8) is 0 Å². The van der Waals surface area contributed by atoms with E-state index in [2.05, 4.69) is 28.4 Å². The van der Waals surface area contributed by atoms with Gasteiger partial charge in [0.1, 0.15) is 34.8 Å². The van der Waals surface area contributed by atoms with Crippen LogP contribution in [-0.2, 0) is 24.7 Å². The summed E-state index contributed by atoms with van der Waals surface area (Å²) in [4.78, 5) is 51.0. The van der Waals surface area contributed by atoms with Crippen LogP contribution in [0.25, 0.3) is 0 Å². The largest absolute Gasteiger partial charge is 0.511 e. The molecule has 292 valence electrons. The van der Waals surface area contributed by atoms with Crippen LogP contribution in [-0.4, -0.2) is 58.8 Å². The number of unbranched alkanes of at least 4 members (excludes halogenated alkanes) is 2. The molecule has 2 aliphatic heterocycles.